The average Bonchev–Trinajstić information content (AvgIpc) is 2.78. The summed E-state index contributed by atoms with van der Waals surface area (Å²) < 4.78 is 0. The smallest absolute Gasteiger partial charge is 0.272 e. The minimum Gasteiger partial charge on any atom is -0.412 e. The molecular formula is C18H20N6O10. The first-order chi connectivity index (χ1) is 15.2. The molecule has 16 nitrogen and oxygen atoms in total. The van der Waals surface area contributed by atoms with Gasteiger partial charge in [-0.2, -0.15) is 10.2 Å². The average molecular weight is 480 g/mol. The molecule has 2 amide bonds. The summed E-state index contributed by atoms with van der Waals surface area (Å²) in [6, 6.07) is 10.4. The number of nitrogens with zero attached hydrogens (tertiary/aromatic N) is 4. The number of hydrogen-bond donors (Lipinski definition) is 4. The van der Waals surface area contributed by atoms with Crippen LogP contribution in [0.1, 0.15) is 11.1 Å². The van der Waals surface area contributed by atoms with E-state index in [4.69, 9.17) is 0 Å². The summed E-state index contributed by atoms with van der Waals surface area (Å²) in [5.74, 6) is -2.38. The Morgan fingerprint density at radius 1 is 0.735 bits per heavy atom. The first-order valence-corrected chi connectivity index (χ1v) is 8.70. The molecule has 0 fully saturated rings. The van der Waals surface area contributed by atoms with Crippen LogP contribution in [0.2, 0.25) is 0 Å². The molecule has 2 aromatic rings. The summed E-state index contributed by atoms with van der Waals surface area (Å²) in [7, 11) is 0. The van der Waals surface area contributed by atoms with Crippen molar-refractivity contribution >= 4 is 35.6 Å². The van der Waals surface area contributed by atoms with Crippen LogP contribution in [0, 0.1) is 20.2 Å². The van der Waals surface area contributed by atoms with Crippen LogP contribution in [0.25, 0.3) is 0 Å². The van der Waals surface area contributed by atoms with Gasteiger partial charge in [-0.05, 0) is 35.4 Å². The van der Waals surface area contributed by atoms with Crippen LogP contribution in [0.4, 0.5) is 11.4 Å². The molecule has 0 heterocycles. The van der Waals surface area contributed by atoms with E-state index < -0.39 is 33.9 Å². The zero-order valence-electron chi connectivity index (χ0n) is 17.1. The number of benzene rings is 2. The maximum absolute atomic E-state index is 11.8. The van der Waals surface area contributed by atoms with Crippen LogP contribution >= 0.6 is 0 Å². The highest BCUT2D eigenvalue weighted by molar-refractivity contribution is 5.92. The number of non-ortho nitro benzene ring substituents is 2. The third-order valence-electron chi connectivity index (χ3n) is 3.82. The van der Waals surface area contributed by atoms with E-state index in [-0.39, 0.29) is 22.3 Å². The van der Waals surface area contributed by atoms with Gasteiger partial charge in [-0.25, -0.2) is 10.9 Å². The van der Waals surface area contributed by atoms with Crippen LogP contribution in [0.15, 0.2) is 58.7 Å². The Kier molecular flexibility index (Phi) is 11.8. The normalized spacial score (nSPS) is 12.2. The molecule has 0 aromatic heterocycles. The maximum Gasteiger partial charge on any atom is 0.272 e. The second-order valence-electron chi connectivity index (χ2n) is 6.06. The molecule has 34 heavy (non-hydrogen) atoms. The molecule has 0 aliphatic heterocycles. The highest BCUT2D eigenvalue weighted by atomic mass is 16.6. The van der Waals surface area contributed by atoms with E-state index >= 15 is 0 Å². The van der Waals surface area contributed by atoms with E-state index in [9.17, 15) is 40.0 Å². The molecule has 8 N–H and O–H groups in total. The van der Waals surface area contributed by atoms with E-state index in [2.05, 4.69) is 10.2 Å². The first-order valence-electron chi connectivity index (χ1n) is 8.70. The molecule has 16 heteroatoms. The molecule has 0 radical (unpaired) electrons. The predicted octanol–water partition coefficient (Wildman–Crippen LogP) is -1.82. The third kappa shape index (κ3) is 8.48. The van der Waals surface area contributed by atoms with Crippen molar-refractivity contribution < 1.29 is 40.6 Å². The summed E-state index contributed by atoms with van der Waals surface area (Å²) in [6.07, 6.45) is -2.07. The first kappa shape index (κ1) is 29.4. The van der Waals surface area contributed by atoms with Crippen LogP contribution in [-0.2, 0) is 9.59 Å². The lowest BCUT2D eigenvalue weighted by molar-refractivity contribution is -0.385. The summed E-state index contributed by atoms with van der Waals surface area (Å²) in [5, 5.41) is 47.7. The number of aliphatic hydroxyl groups is 2. The Hall–Kier alpha value is -4.64. The second kappa shape index (κ2) is 13.7. The fraction of sp³-hybridized carbons (Fsp3) is 0.111. The number of nitro groups is 2. The Balaban J connectivity index is 0.00000544. The van der Waals surface area contributed by atoms with Gasteiger partial charge >= 0.3 is 0 Å². The van der Waals surface area contributed by atoms with E-state index in [0.29, 0.717) is 11.1 Å². The summed E-state index contributed by atoms with van der Waals surface area (Å²) >= 11 is 0. The van der Waals surface area contributed by atoms with Gasteiger partial charge in [-0.3, -0.25) is 29.8 Å². The molecule has 0 saturated carbocycles. The van der Waals surface area contributed by atoms with Crippen LogP contribution in [0.3, 0.4) is 0 Å². The van der Waals surface area contributed by atoms with Crippen molar-refractivity contribution in [2.24, 2.45) is 10.2 Å². The molecule has 2 aromatic carbocycles. The molecule has 2 rings (SSSR count). The number of nitro benzene ring substituents is 2. The number of aliphatic hydroxyl groups excluding tert-OH is 2. The standard InChI is InChI=1S/C18H16N6O8.2H2O/c25-15(17(27)21-19-9-11-1-5-13(6-2-11)23(29)30)16(26)18(28)22-20-10-12-3-7-14(8-4-12)24(31)32;;/h1-10,15-16,25-26H,(H,21,27)(H,22,28);2*1H2/b19-9+,20-10+;;/t15-,16-;;/m0../s1. The number of rotatable bonds is 9. The largest absolute Gasteiger partial charge is 0.412 e. The molecule has 2 atom stereocenters. The molecule has 0 saturated heterocycles. The van der Waals surface area contributed by atoms with Crippen molar-refractivity contribution in [1.29, 1.82) is 0 Å². The van der Waals surface area contributed by atoms with Gasteiger partial charge in [0.1, 0.15) is 0 Å². The number of hydrogen-bond acceptors (Lipinski definition) is 10. The van der Waals surface area contributed by atoms with Gasteiger partial charge in [0.2, 0.25) is 0 Å². The number of hydrazone groups is 2. The third-order valence-corrected chi connectivity index (χ3v) is 3.82. The van der Waals surface area contributed by atoms with Crippen molar-refractivity contribution in [3.63, 3.8) is 0 Å². The minimum atomic E-state index is -2.17. The molecule has 0 bridgehead atoms. The topological polar surface area (TPSA) is 273 Å². The lowest BCUT2D eigenvalue weighted by atomic mass is 10.2. The Morgan fingerprint density at radius 2 is 1.03 bits per heavy atom. The van der Waals surface area contributed by atoms with E-state index in [1.165, 1.54) is 48.5 Å². The Morgan fingerprint density at radius 3 is 1.29 bits per heavy atom. The zero-order valence-corrected chi connectivity index (χ0v) is 17.1. The van der Waals surface area contributed by atoms with Crippen molar-refractivity contribution in [3.05, 3.63) is 79.9 Å². The van der Waals surface area contributed by atoms with Crippen molar-refractivity contribution in [1.82, 2.24) is 10.9 Å². The SMILES string of the molecule is O.O.O=C(N/N=C/c1ccc([N+](=O)[O-])cc1)[C@@H](O)[C@H](O)C(=O)N/N=C/c1ccc([N+](=O)[O-])cc1. The molecular weight excluding hydrogens is 460 g/mol. The van der Waals surface area contributed by atoms with Crippen LogP contribution < -0.4 is 10.9 Å². The quantitative estimate of drug-likeness (QED) is 0.179. The molecule has 182 valence electrons. The zero-order chi connectivity index (χ0) is 23.7. The van der Waals surface area contributed by atoms with Crippen LogP contribution in [0.5, 0.6) is 0 Å². The monoisotopic (exact) mass is 480 g/mol. The van der Waals surface area contributed by atoms with Crippen molar-refractivity contribution in [2.45, 2.75) is 12.2 Å². The van der Waals surface area contributed by atoms with Gasteiger partial charge in [-0.1, -0.05) is 0 Å². The lowest BCUT2D eigenvalue weighted by Crippen LogP contribution is -2.47. The molecule has 0 unspecified atom stereocenters. The molecule has 0 aliphatic carbocycles. The number of nitrogens with one attached hydrogen (secondary N) is 2. The Bertz CT molecular complexity index is 970. The highest BCUT2D eigenvalue weighted by Crippen LogP contribution is 2.11. The summed E-state index contributed by atoms with van der Waals surface area (Å²) in [5.41, 5.74) is 4.38. The van der Waals surface area contributed by atoms with Crippen molar-refractivity contribution in [3.8, 4) is 0 Å². The van der Waals surface area contributed by atoms with Crippen LogP contribution in [-0.4, -0.2) is 67.5 Å². The highest BCUT2D eigenvalue weighted by Gasteiger charge is 2.30. The lowest BCUT2D eigenvalue weighted by Gasteiger charge is -2.14. The number of carbonyl (C=O) groups is 2. The maximum atomic E-state index is 11.8. The minimum absolute atomic E-state index is 0. The van der Waals surface area contributed by atoms with Gasteiger partial charge < -0.3 is 21.2 Å². The fourth-order valence-electron chi connectivity index (χ4n) is 2.12. The van der Waals surface area contributed by atoms with E-state index in [1.54, 1.807) is 0 Å². The van der Waals surface area contributed by atoms with E-state index in [0.717, 1.165) is 12.4 Å². The summed E-state index contributed by atoms with van der Waals surface area (Å²) in [4.78, 5) is 43.6. The van der Waals surface area contributed by atoms with E-state index in [1.807, 2.05) is 10.9 Å². The molecule has 0 aliphatic rings. The van der Waals surface area contributed by atoms with Gasteiger partial charge in [-0.15, -0.1) is 0 Å². The molecule has 0 spiro atoms. The van der Waals surface area contributed by atoms with Gasteiger partial charge in [0.15, 0.2) is 12.2 Å². The second-order valence-corrected chi connectivity index (χ2v) is 6.06. The van der Waals surface area contributed by atoms with Crippen molar-refractivity contribution in [2.75, 3.05) is 0 Å². The fourth-order valence-corrected chi connectivity index (χ4v) is 2.12. The Labute approximate surface area is 190 Å². The predicted molar refractivity (Wildman–Crippen MR) is 117 cm³/mol. The number of amides is 2. The number of carbonyl (C=O) groups excluding carboxylic acids is 2. The van der Waals surface area contributed by atoms with Gasteiger partial charge in [0.25, 0.3) is 23.2 Å². The van der Waals surface area contributed by atoms with Gasteiger partial charge in [0, 0.05) is 24.3 Å². The summed E-state index contributed by atoms with van der Waals surface area (Å²) in [6.45, 7) is 0. The van der Waals surface area contributed by atoms with Gasteiger partial charge in [0.05, 0.1) is 22.3 Å².